The van der Waals surface area contributed by atoms with Gasteiger partial charge in [-0.25, -0.2) is 0 Å². The van der Waals surface area contributed by atoms with Gasteiger partial charge in [-0.2, -0.15) is 0 Å². The smallest absolute Gasteiger partial charge is 0.157 e. The van der Waals surface area contributed by atoms with E-state index in [0.717, 1.165) is 45.3 Å². The Morgan fingerprint density at radius 1 is 1.27 bits per heavy atom. The van der Waals surface area contributed by atoms with E-state index in [1.165, 1.54) is 17.5 Å². The van der Waals surface area contributed by atoms with Crippen molar-refractivity contribution < 1.29 is 14.6 Å². The van der Waals surface area contributed by atoms with Crippen molar-refractivity contribution in [2.24, 2.45) is 0 Å². The molecule has 1 aromatic rings. The van der Waals surface area contributed by atoms with Gasteiger partial charge in [0.1, 0.15) is 0 Å². The molecule has 1 saturated heterocycles. The minimum Gasteiger partial charge on any atom is -0.394 e. The molecule has 1 aliphatic carbocycles. The van der Waals surface area contributed by atoms with Gasteiger partial charge in [0.25, 0.3) is 0 Å². The van der Waals surface area contributed by atoms with Gasteiger partial charge in [0.2, 0.25) is 0 Å². The summed E-state index contributed by atoms with van der Waals surface area (Å²) < 4.78 is 11.4. The van der Waals surface area contributed by atoms with Crippen molar-refractivity contribution in [1.82, 2.24) is 5.32 Å². The molecule has 0 radical (unpaired) electrons. The number of rotatable bonds is 6. The summed E-state index contributed by atoms with van der Waals surface area (Å²) >= 11 is 0. The maximum absolute atomic E-state index is 10.0. The molecule has 22 heavy (non-hydrogen) atoms. The maximum atomic E-state index is 10.0. The van der Waals surface area contributed by atoms with E-state index < -0.39 is 0 Å². The quantitative estimate of drug-likeness (QED) is 0.792. The van der Waals surface area contributed by atoms with Crippen LogP contribution in [0.2, 0.25) is 0 Å². The number of aliphatic hydroxyl groups is 1. The molecule has 0 bridgehead atoms. The number of hydrogen-bond acceptors (Lipinski definition) is 4. The molecule has 2 N–H and O–H groups in total. The zero-order valence-corrected chi connectivity index (χ0v) is 13.2. The minimum absolute atomic E-state index is 0.0423. The van der Waals surface area contributed by atoms with E-state index in [4.69, 9.17) is 9.47 Å². The monoisotopic (exact) mass is 305 g/mol. The average Bonchev–Trinajstić information content (AvgIpc) is 2.60. The van der Waals surface area contributed by atoms with Crippen LogP contribution in [0, 0.1) is 0 Å². The first-order chi connectivity index (χ1) is 10.8. The number of fused-ring (bicyclic) bond motifs is 1. The van der Waals surface area contributed by atoms with E-state index in [0.29, 0.717) is 6.61 Å². The van der Waals surface area contributed by atoms with Gasteiger partial charge in [0, 0.05) is 13.2 Å². The number of nitrogens with one attached hydrogen (secondary N) is 1. The van der Waals surface area contributed by atoms with Crippen molar-refractivity contribution in [2.75, 3.05) is 26.4 Å². The highest BCUT2D eigenvalue weighted by atomic mass is 16.7. The summed E-state index contributed by atoms with van der Waals surface area (Å²) in [6, 6.07) is 8.45. The summed E-state index contributed by atoms with van der Waals surface area (Å²) in [6.07, 6.45) is 6.46. The first kappa shape index (κ1) is 15.9. The van der Waals surface area contributed by atoms with E-state index in [1.807, 2.05) is 0 Å². The van der Waals surface area contributed by atoms with Crippen LogP contribution in [0.15, 0.2) is 24.3 Å². The Balaban J connectivity index is 1.55. The Kier molecular flexibility index (Phi) is 5.47. The first-order valence-electron chi connectivity index (χ1n) is 8.51. The van der Waals surface area contributed by atoms with E-state index in [-0.39, 0.29) is 18.4 Å². The van der Waals surface area contributed by atoms with Crippen LogP contribution in [0.3, 0.4) is 0 Å². The Hall–Kier alpha value is -0.940. The standard InChI is InChI=1S/C18H27NO3/c20-14-18(10-5-7-15-6-1-2-8-16(15)18)19-11-13-22-17-9-3-4-12-21-17/h1-2,6,8,17,19-20H,3-5,7,9-14H2/t17-,18+/m0/s1. The normalized spacial score (nSPS) is 28.3. The minimum atomic E-state index is -0.314. The highest BCUT2D eigenvalue weighted by molar-refractivity contribution is 5.36. The SMILES string of the molecule is OC[C@]1(NCCO[C@H]2CCCCO2)CCCc2ccccc21. The molecule has 0 saturated carbocycles. The summed E-state index contributed by atoms with van der Waals surface area (Å²) in [4.78, 5) is 0. The van der Waals surface area contributed by atoms with Crippen LogP contribution in [-0.2, 0) is 21.4 Å². The molecule has 3 rings (SSSR count). The fourth-order valence-electron chi connectivity index (χ4n) is 3.65. The van der Waals surface area contributed by atoms with Crippen LogP contribution in [0.5, 0.6) is 0 Å². The molecule has 2 atom stereocenters. The van der Waals surface area contributed by atoms with E-state index in [2.05, 4.69) is 29.6 Å². The average molecular weight is 305 g/mol. The second-order valence-electron chi connectivity index (χ2n) is 6.34. The molecule has 0 amide bonds. The van der Waals surface area contributed by atoms with Crippen LogP contribution in [0.25, 0.3) is 0 Å². The predicted octanol–water partition coefficient (Wildman–Crippen LogP) is 2.34. The highest BCUT2D eigenvalue weighted by Crippen LogP contribution is 2.34. The van der Waals surface area contributed by atoms with E-state index in [1.54, 1.807) is 0 Å². The lowest BCUT2D eigenvalue weighted by molar-refractivity contribution is -0.162. The van der Waals surface area contributed by atoms with Crippen LogP contribution >= 0.6 is 0 Å². The van der Waals surface area contributed by atoms with E-state index in [9.17, 15) is 5.11 Å². The lowest BCUT2D eigenvalue weighted by atomic mass is 9.77. The third-order valence-corrected chi connectivity index (χ3v) is 4.86. The molecular formula is C18H27NO3. The second kappa shape index (κ2) is 7.55. The molecule has 1 heterocycles. The van der Waals surface area contributed by atoms with Crippen LogP contribution in [-0.4, -0.2) is 37.8 Å². The summed E-state index contributed by atoms with van der Waals surface area (Å²) in [5, 5.41) is 13.6. The van der Waals surface area contributed by atoms with Crippen molar-refractivity contribution in [3.05, 3.63) is 35.4 Å². The van der Waals surface area contributed by atoms with Crippen molar-refractivity contribution in [3.63, 3.8) is 0 Å². The Labute approximate surface area is 132 Å². The fourth-order valence-corrected chi connectivity index (χ4v) is 3.65. The fraction of sp³-hybridized carbons (Fsp3) is 0.667. The lowest BCUT2D eigenvalue weighted by Gasteiger charge is -2.39. The second-order valence-corrected chi connectivity index (χ2v) is 6.34. The Morgan fingerprint density at radius 3 is 3.00 bits per heavy atom. The number of hydrogen-bond donors (Lipinski definition) is 2. The van der Waals surface area contributed by atoms with Crippen LogP contribution in [0.4, 0.5) is 0 Å². The van der Waals surface area contributed by atoms with Crippen molar-refractivity contribution in [3.8, 4) is 0 Å². The van der Waals surface area contributed by atoms with Crippen LogP contribution < -0.4 is 5.32 Å². The zero-order chi connectivity index (χ0) is 15.3. The van der Waals surface area contributed by atoms with Gasteiger partial charge < -0.3 is 19.9 Å². The van der Waals surface area contributed by atoms with Crippen molar-refractivity contribution >= 4 is 0 Å². The van der Waals surface area contributed by atoms with Gasteiger partial charge in [-0.15, -0.1) is 0 Å². The lowest BCUT2D eigenvalue weighted by Crippen LogP contribution is -2.49. The maximum Gasteiger partial charge on any atom is 0.157 e. The van der Waals surface area contributed by atoms with Crippen molar-refractivity contribution in [1.29, 1.82) is 0 Å². The summed E-state index contributed by atoms with van der Waals surface area (Å²) in [5.41, 5.74) is 2.29. The molecule has 0 spiro atoms. The molecule has 0 aromatic heterocycles. The number of aryl methyl sites for hydroxylation is 1. The molecule has 4 nitrogen and oxygen atoms in total. The first-order valence-corrected chi connectivity index (χ1v) is 8.51. The Morgan fingerprint density at radius 2 is 2.18 bits per heavy atom. The van der Waals surface area contributed by atoms with Gasteiger partial charge in [0.15, 0.2) is 6.29 Å². The number of aliphatic hydroxyl groups excluding tert-OH is 1. The van der Waals surface area contributed by atoms with Gasteiger partial charge >= 0.3 is 0 Å². The van der Waals surface area contributed by atoms with E-state index >= 15 is 0 Å². The number of ether oxygens (including phenoxy) is 2. The summed E-state index contributed by atoms with van der Waals surface area (Å²) in [5.74, 6) is 0. The summed E-state index contributed by atoms with van der Waals surface area (Å²) in [7, 11) is 0. The Bertz CT molecular complexity index is 473. The molecule has 1 aliphatic heterocycles. The van der Waals surface area contributed by atoms with Gasteiger partial charge in [-0.05, 0) is 49.7 Å². The highest BCUT2D eigenvalue weighted by Gasteiger charge is 2.35. The molecule has 2 aliphatic rings. The molecule has 122 valence electrons. The third-order valence-electron chi connectivity index (χ3n) is 4.86. The molecule has 1 fully saturated rings. The zero-order valence-electron chi connectivity index (χ0n) is 13.2. The van der Waals surface area contributed by atoms with Crippen LogP contribution in [0.1, 0.15) is 43.2 Å². The predicted molar refractivity (Wildman–Crippen MR) is 85.7 cm³/mol. The molecule has 0 unspecified atom stereocenters. The third kappa shape index (κ3) is 3.51. The molecule has 4 heteroatoms. The molecular weight excluding hydrogens is 278 g/mol. The van der Waals surface area contributed by atoms with Gasteiger partial charge in [0.05, 0.1) is 18.8 Å². The largest absolute Gasteiger partial charge is 0.394 e. The van der Waals surface area contributed by atoms with Gasteiger partial charge in [-0.1, -0.05) is 24.3 Å². The van der Waals surface area contributed by atoms with Gasteiger partial charge in [-0.3, -0.25) is 0 Å². The molecule has 1 aromatic carbocycles. The summed E-state index contributed by atoms with van der Waals surface area (Å²) in [6.45, 7) is 2.29. The topological polar surface area (TPSA) is 50.7 Å². The number of benzene rings is 1. The van der Waals surface area contributed by atoms with Crippen molar-refractivity contribution in [2.45, 2.75) is 50.4 Å².